The molecular weight excluding hydrogens is 605 g/mol. The molecule has 0 spiro atoms. The summed E-state index contributed by atoms with van der Waals surface area (Å²) in [5, 5.41) is 4.17. The maximum Gasteiger partial charge on any atom is 0.243 e. The Bertz CT molecular complexity index is 1440. The lowest BCUT2D eigenvalue weighted by Gasteiger charge is -2.32. The Hall–Kier alpha value is -2.78. The average molecular weight is 639 g/mol. The Labute approximate surface area is 257 Å². The first-order valence-electron chi connectivity index (χ1n) is 13.3. The van der Waals surface area contributed by atoms with E-state index >= 15 is 0 Å². The molecule has 0 fully saturated rings. The number of nitrogens with one attached hydrogen (secondary N) is 1. The number of anilines is 1. The van der Waals surface area contributed by atoms with Crippen LogP contribution in [0.5, 0.6) is 0 Å². The highest BCUT2D eigenvalue weighted by atomic mass is 35.5. The number of benzene rings is 3. The third-order valence-electron chi connectivity index (χ3n) is 6.42. The van der Waals surface area contributed by atoms with E-state index in [1.807, 2.05) is 37.3 Å². The molecule has 1 atom stereocenters. The summed E-state index contributed by atoms with van der Waals surface area (Å²) in [6.45, 7) is 2.56. The zero-order chi connectivity index (χ0) is 30.0. The molecule has 2 amide bonds. The van der Waals surface area contributed by atoms with Crippen molar-refractivity contribution in [1.29, 1.82) is 0 Å². The minimum Gasteiger partial charge on any atom is -0.354 e. The zero-order valence-electron chi connectivity index (χ0n) is 23.0. The number of carbonyl (C=O) groups excluding carboxylic acids is 2. The topological polar surface area (TPSA) is 86.8 Å². The van der Waals surface area contributed by atoms with Crippen molar-refractivity contribution in [2.45, 2.75) is 45.2 Å². The van der Waals surface area contributed by atoms with Gasteiger partial charge in [-0.25, -0.2) is 8.42 Å². The van der Waals surface area contributed by atoms with Crippen LogP contribution < -0.4 is 9.62 Å². The lowest BCUT2D eigenvalue weighted by atomic mass is 10.0. The Morgan fingerprint density at radius 3 is 2.27 bits per heavy atom. The Morgan fingerprint density at radius 1 is 0.927 bits per heavy atom. The van der Waals surface area contributed by atoms with Crippen LogP contribution in [0.1, 0.15) is 37.3 Å². The fraction of sp³-hybridized carbons (Fsp3) is 0.333. The molecule has 220 valence electrons. The van der Waals surface area contributed by atoms with Gasteiger partial charge >= 0.3 is 0 Å². The first-order valence-corrected chi connectivity index (χ1v) is 16.3. The van der Waals surface area contributed by atoms with Crippen molar-refractivity contribution in [3.8, 4) is 0 Å². The summed E-state index contributed by atoms with van der Waals surface area (Å²) in [6, 6.07) is 20.2. The fourth-order valence-corrected chi connectivity index (χ4v) is 6.00. The molecule has 3 aromatic rings. The highest BCUT2D eigenvalue weighted by molar-refractivity contribution is 7.92. The Morgan fingerprint density at radius 2 is 1.63 bits per heavy atom. The second-order valence-electron chi connectivity index (χ2n) is 9.67. The Balaban J connectivity index is 1.90. The van der Waals surface area contributed by atoms with Gasteiger partial charge in [-0.1, -0.05) is 84.2 Å². The first kappa shape index (κ1) is 32.7. The quantitative estimate of drug-likeness (QED) is 0.223. The molecule has 0 saturated carbocycles. The first-order chi connectivity index (χ1) is 19.5. The minimum atomic E-state index is -3.64. The summed E-state index contributed by atoms with van der Waals surface area (Å²) in [4.78, 5) is 28.8. The van der Waals surface area contributed by atoms with Gasteiger partial charge in [-0.2, -0.15) is 0 Å². The van der Waals surface area contributed by atoms with Gasteiger partial charge in [0.2, 0.25) is 21.8 Å². The van der Waals surface area contributed by atoms with Crippen molar-refractivity contribution in [2.24, 2.45) is 0 Å². The highest BCUT2D eigenvalue weighted by Crippen LogP contribution is 2.26. The van der Waals surface area contributed by atoms with Crippen molar-refractivity contribution in [3.05, 3.63) is 99.0 Å². The number of amides is 2. The van der Waals surface area contributed by atoms with Crippen LogP contribution in [-0.2, 0) is 32.6 Å². The Kier molecular flexibility index (Phi) is 12.3. The molecule has 0 bridgehead atoms. The fourth-order valence-electron chi connectivity index (χ4n) is 4.39. The molecule has 0 aliphatic carbocycles. The maximum absolute atomic E-state index is 13.8. The molecule has 7 nitrogen and oxygen atoms in total. The monoisotopic (exact) mass is 637 g/mol. The predicted octanol–water partition coefficient (Wildman–Crippen LogP) is 6.36. The van der Waals surface area contributed by atoms with E-state index < -0.39 is 16.1 Å². The smallest absolute Gasteiger partial charge is 0.243 e. The molecule has 0 aliphatic rings. The lowest BCUT2D eigenvalue weighted by Crippen LogP contribution is -2.50. The van der Waals surface area contributed by atoms with Crippen LogP contribution in [0.3, 0.4) is 0 Å². The van der Waals surface area contributed by atoms with Crippen LogP contribution in [0, 0.1) is 0 Å². The van der Waals surface area contributed by atoms with Gasteiger partial charge in [0.05, 0.1) is 11.9 Å². The van der Waals surface area contributed by atoms with Crippen molar-refractivity contribution in [1.82, 2.24) is 10.2 Å². The van der Waals surface area contributed by atoms with Crippen LogP contribution in [0.25, 0.3) is 0 Å². The summed E-state index contributed by atoms with van der Waals surface area (Å²) in [7, 11) is -3.64. The van der Waals surface area contributed by atoms with E-state index in [0.717, 1.165) is 18.2 Å². The molecule has 11 heteroatoms. The molecule has 3 aromatic carbocycles. The number of halogens is 3. The van der Waals surface area contributed by atoms with Crippen molar-refractivity contribution in [2.75, 3.05) is 23.7 Å². The van der Waals surface area contributed by atoms with Gasteiger partial charge in [-0.05, 0) is 54.3 Å². The standard InChI is InChI=1S/C30H34Cl3N3O4S/c1-3-16-34-30(38)28(18-22-9-5-4-6-10-22)35(21-23-14-15-25(32)20-27(23)33)29(37)13-8-17-36(41(2,39)40)26-12-7-11-24(31)19-26/h4-7,9-12,14-15,19-20,28H,3,8,13,16-18,21H2,1-2H3,(H,34,38). The van der Waals surface area contributed by atoms with Crippen molar-refractivity contribution in [3.63, 3.8) is 0 Å². The molecule has 3 rings (SSSR count). The zero-order valence-corrected chi connectivity index (χ0v) is 26.1. The SMILES string of the molecule is CCCNC(=O)C(Cc1ccccc1)N(Cc1ccc(Cl)cc1Cl)C(=O)CCCN(c1cccc(Cl)c1)S(C)(=O)=O. The molecule has 0 saturated heterocycles. The van der Waals surface area contributed by atoms with Crippen LogP contribution in [-0.4, -0.2) is 50.5 Å². The number of hydrogen-bond donors (Lipinski definition) is 1. The van der Waals surface area contributed by atoms with Crippen LogP contribution in [0.2, 0.25) is 15.1 Å². The molecular formula is C30H34Cl3N3O4S. The van der Waals surface area contributed by atoms with Crippen LogP contribution in [0.4, 0.5) is 5.69 Å². The van der Waals surface area contributed by atoms with Gasteiger partial charge in [0.25, 0.3) is 0 Å². The van der Waals surface area contributed by atoms with Gasteiger partial charge in [-0.3, -0.25) is 13.9 Å². The van der Waals surface area contributed by atoms with Crippen molar-refractivity contribution < 1.29 is 18.0 Å². The predicted molar refractivity (Wildman–Crippen MR) is 167 cm³/mol. The number of sulfonamides is 1. The summed E-state index contributed by atoms with van der Waals surface area (Å²) >= 11 is 18.7. The molecule has 41 heavy (non-hydrogen) atoms. The third kappa shape index (κ3) is 9.92. The normalized spacial score (nSPS) is 12.0. The van der Waals surface area contributed by atoms with Gasteiger partial charge in [0, 0.05) is 47.5 Å². The summed E-state index contributed by atoms with van der Waals surface area (Å²) in [5.41, 5.74) is 1.95. The second-order valence-corrected chi connectivity index (χ2v) is 12.9. The molecule has 0 radical (unpaired) electrons. The van der Waals surface area contributed by atoms with E-state index in [0.29, 0.717) is 39.3 Å². The van der Waals surface area contributed by atoms with Crippen molar-refractivity contribution >= 4 is 62.3 Å². The number of hydrogen-bond acceptors (Lipinski definition) is 4. The molecule has 1 N–H and O–H groups in total. The van der Waals surface area contributed by atoms with E-state index in [1.165, 1.54) is 9.21 Å². The molecule has 0 heterocycles. The third-order valence-corrected chi connectivity index (χ3v) is 8.44. The lowest BCUT2D eigenvalue weighted by molar-refractivity contribution is -0.141. The summed E-state index contributed by atoms with van der Waals surface area (Å²) in [5.74, 6) is -0.575. The molecule has 1 unspecified atom stereocenters. The van der Waals surface area contributed by atoms with Crippen LogP contribution in [0.15, 0.2) is 72.8 Å². The number of nitrogens with zero attached hydrogens (tertiary/aromatic N) is 2. The van der Waals surface area contributed by atoms with Crippen LogP contribution >= 0.6 is 34.8 Å². The van der Waals surface area contributed by atoms with Gasteiger partial charge in [0.15, 0.2) is 0 Å². The van der Waals surface area contributed by atoms with Gasteiger partial charge < -0.3 is 10.2 Å². The van der Waals surface area contributed by atoms with E-state index in [-0.39, 0.29) is 37.7 Å². The van der Waals surface area contributed by atoms with Gasteiger partial charge in [0.1, 0.15) is 6.04 Å². The number of rotatable bonds is 14. The summed E-state index contributed by atoms with van der Waals surface area (Å²) < 4.78 is 26.4. The summed E-state index contributed by atoms with van der Waals surface area (Å²) in [6.07, 6.45) is 2.37. The largest absolute Gasteiger partial charge is 0.354 e. The second kappa shape index (κ2) is 15.4. The average Bonchev–Trinajstić information content (AvgIpc) is 2.92. The van der Waals surface area contributed by atoms with E-state index in [1.54, 1.807) is 42.5 Å². The number of carbonyl (C=O) groups is 2. The highest BCUT2D eigenvalue weighted by Gasteiger charge is 2.31. The van der Waals surface area contributed by atoms with E-state index in [4.69, 9.17) is 34.8 Å². The maximum atomic E-state index is 13.8. The van der Waals surface area contributed by atoms with E-state index in [2.05, 4.69) is 5.32 Å². The molecule has 0 aromatic heterocycles. The van der Waals surface area contributed by atoms with E-state index in [9.17, 15) is 18.0 Å². The minimum absolute atomic E-state index is 0.00411. The molecule has 0 aliphatic heterocycles. The van der Waals surface area contributed by atoms with Gasteiger partial charge in [-0.15, -0.1) is 0 Å².